The van der Waals surface area contributed by atoms with Crippen LogP contribution in [0.2, 0.25) is 0 Å². The third-order valence-corrected chi connectivity index (χ3v) is 9.35. The number of nitrogens with one attached hydrogen (secondary N) is 1. The van der Waals surface area contributed by atoms with E-state index < -0.39 is 30.1 Å². The molecule has 46 heavy (non-hydrogen) atoms. The highest BCUT2D eigenvalue weighted by Crippen LogP contribution is 2.51. The Morgan fingerprint density at radius 3 is 2.43 bits per heavy atom. The lowest BCUT2D eigenvalue weighted by molar-refractivity contribution is -0.137. The van der Waals surface area contributed by atoms with Crippen molar-refractivity contribution in [3.8, 4) is 11.5 Å². The molecule has 0 radical (unpaired) electrons. The second-order valence-corrected chi connectivity index (χ2v) is 12.5. The van der Waals surface area contributed by atoms with Crippen LogP contribution in [0.3, 0.4) is 0 Å². The lowest BCUT2D eigenvalue weighted by Crippen LogP contribution is -2.57. The van der Waals surface area contributed by atoms with Crippen LogP contribution < -0.4 is 14.8 Å². The fourth-order valence-corrected chi connectivity index (χ4v) is 6.80. The number of carbonyl (C=O) groups excluding carboxylic acids is 3. The second-order valence-electron chi connectivity index (χ2n) is 12.5. The Morgan fingerprint density at radius 1 is 1.09 bits per heavy atom. The van der Waals surface area contributed by atoms with Crippen LogP contribution in [-0.4, -0.2) is 116 Å². The Morgan fingerprint density at radius 2 is 1.78 bits per heavy atom. The number of ether oxygens (including phenoxy) is 3. The molecular formula is C35H53N3O8. The van der Waals surface area contributed by atoms with E-state index in [-0.39, 0.29) is 19.1 Å². The van der Waals surface area contributed by atoms with Gasteiger partial charge in [-0.2, -0.15) is 0 Å². The third kappa shape index (κ3) is 9.08. The Balaban J connectivity index is 1.57. The van der Waals surface area contributed by atoms with E-state index in [0.29, 0.717) is 67.2 Å². The van der Waals surface area contributed by atoms with E-state index in [1.807, 2.05) is 0 Å². The first-order valence-corrected chi connectivity index (χ1v) is 17.2. The average molecular weight is 644 g/mol. The number of rotatable bonds is 19. The Bertz CT molecular complexity index is 1180. The lowest BCUT2D eigenvalue weighted by atomic mass is 9.77. The summed E-state index contributed by atoms with van der Waals surface area (Å²) in [5, 5.41) is 24.0. The van der Waals surface area contributed by atoms with Crippen LogP contribution >= 0.6 is 0 Å². The van der Waals surface area contributed by atoms with Crippen LogP contribution in [0.15, 0.2) is 23.8 Å². The fourth-order valence-electron chi connectivity index (χ4n) is 6.80. The minimum Gasteiger partial charge on any atom is -0.493 e. The Kier molecular flexibility index (Phi) is 14.3. The second kappa shape index (κ2) is 18.4. The molecule has 0 spiro atoms. The summed E-state index contributed by atoms with van der Waals surface area (Å²) in [6.07, 6.45) is 11.0. The summed E-state index contributed by atoms with van der Waals surface area (Å²) in [4.78, 5) is 43.2. The van der Waals surface area contributed by atoms with Gasteiger partial charge in [0.25, 0.3) is 0 Å². The molecule has 2 amide bonds. The number of hydrogen-bond donors (Lipinski definition) is 3. The van der Waals surface area contributed by atoms with Gasteiger partial charge < -0.3 is 34.6 Å². The molecule has 11 nitrogen and oxygen atoms in total. The summed E-state index contributed by atoms with van der Waals surface area (Å²) < 4.78 is 17.3. The van der Waals surface area contributed by atoms with Gasteiger partial charge in [-0.1, -0.05) is 58.3 Å². The SMILES string of the molecule is CCCCCCCCCCCC(=O)N(CCN1CCOCC1)[C@@H]1C=C(C(=O)NCCO)[C@@H]2c3cc(C=O)cc(OC)c3O[C@@H]2[C@H]1O. The fraction of sp³-hybridized carbons (Fsp3) is 0.686. The standard InChI is InChI=1S/C35H53N3O8/c1-3-4-5-6-7-8-9-10-11-12-30(41)38(15-14-37-16-19-45-20-17-37)28-23-27(35(43)36-13-18-39)31-26-21-25(24-40)22-29(44-2)33(26)46-34(31)32(28)42/h21-24,28,31-32,34,39,42H,3-20H2,1-2H3,(H,36,43)/t28-,31+,32+,34+/m1/s1. The van der Waals surface area contributed by atoms with Crippen molar-refractivity contribution in [2.45, 2.75) is 95.3 Å². The van der Waals surface area contributed by atoms with E-state index in [4.69, 9.17) is 14.2 Å². The molecule has 1 aromatic rings. The zero-order valence-electron chi connectivity index (χ0n) is 27.6. The molecule has 3 aliphatic rings. The summed E-state index contributed by atoms with van der Waals surface area (Å²) in [6, 6.07) is 2.40. The van der Waals surface area contributed by atoms with Crippen molar-refractivity contribution in [2.75, 3.05) is 59.7 Å². The maximum Gasteiger partial charge on any atom is 0.247 e. The summed E-state index contributed by atoms with van der Waals surface area (Å²) >= 11 is 0. The largest absolute Gasteiger partial charge is 0.493 e. The van der Waals surface area contributed by atoms with E-state index in [0.717, 1.165) is 32.4 Å². The van der Waals surface area contributed by atoms with Crippen LogP contribution in [-0.2, 0) is 14.3 Å². The first kappa shape index (κ1) is 35.9. The Hall–Kier alpha value is -2.99. The molecule has 1 saturated heterocycles. The molecular weight excluding hydrogens is 590 g/mol. The van der Waals surface area contributed by atoms with Crippen LogP contribution in [0.25, 0.3) is 0 Å². The predicted molar refractivity (Wildman–Crippen MR) is 174 cm³/mol. The molecule has 0 bridgehead atoms. The van der Waals surface area contributed by atoms with Gasteiger partial charge in [0.2, 0.25) is 11.8 Å². The molecule has 2 aliphatic heterocycles. The average Bonchev–Trinajstić information content (AvgIpc) is 3.47. The number of morpholine rings is 1. The van der Waals surface area contributed by atoms with Crippen LogP contribution in [0.1, 0.15) is 93.0 Å². The number of hydrogen-bond acceptors (Lipinski definition) is 9. The lowest BCUT2D eigenvalue weighted by Gasteiger charge is -2.41. The van der Waals surface area contributed by atoms with Gasteiger partial charge in [-0.3, -0.25) is 19.3 Å². The topological polar surface area (TPSA) is 138 Å². The third-order valence-electron chi connectivity index (χ3n) is 9.35. The van der Waals surface area contributed by atoms with Crippen LogP contribution in [0, 0.1) is 0 Å². The number of fused-ring (bicyclic) bond motifs is 3. The van der Waals surface area contributed by atoms with Crippen molar-refractivity contribution in [1.82, 2.24) is 15.1 Å². The highest BCUT2D eigenvalue weighted by molar-refractivity contribution is 5.96. The summed E-state index contributed by atoms with van der Waals surface area (Å²) in [7, 11) is 1.47. The number of amides is 2. The molecule has 256 valence electrons. The van der Waals surface area contributed by atoms with Crippen molar-refractivity contribution < 1.29 is 38.8 Å². The van der Waals surface area contributed by atoms with Gasteiger partial charge in [-0.15, -0.1) is 0 Å². The number of aliphatic hydroxyl groups excluding tert-OH is 2. The molecule has 0 saturated carbocycles. The van der Waals surface area contributed by atoms with Gasteiger partial charge in [0.15, 0.2) is 11.5 Å². The smallest absolute Gasteiger partial charge is 0.247 e. The van der Waals surface area contributed by atoms with Crippen molar-refractivity contribution in [3.05, 3.63) is 34.9 Å². The summed E-state index contributed by atoms with van der Waals surface area (Å²) in [6.45, 7) is 5.81. The molecule has 0 aromatic heterocycles. The first-order valence-electron chi connectivity index (χ1n) is 17.2. The number of benzene rings is 1. The minimum atomic E-state index is -1.15. The number of carbonyl (C=O) groups is 3. The predicted octanol–water partition coefficient (Wildman–Crippen LogP) is 3.21. The van der Waals surface area contributed by atoms with Gasteiger partial charge in [0, 0.05) is 55.8 Å². The highest BCUT2D eigenvalue weighted by Gasteiger charge is 2.51. The molecule has 11 heteroatoms. The van der Waals surface area contributed by atoms with Crippen molar-refractivity contribution >= 4 is 18.1 Å². The van der Waals surface area contributed by atoms with Gasteiger partial charge in [0.1, 0.15) is 18.5 Å². The van der Waals surface area contributed by atoms with E-state index in [1.54, 1.807) is 23.1 Å². The van der Waals surface area contributed by atoms with Crippen LogP contribution in [0.5, 0.6) is 11.5 Å². The molecule has 1 aliphatic carbocycles. The number of aliphatic hydroxyl groups is 2. The molecule has 1 fully saturated rings. The molecule has 1 aromatic carbocycles. The summed E-state index contributed by atoms with van der Waals surface area (Å²) in [5.74, 6) is -0.487. The van der Waals surface area contributed by atoms with Crippen LogP contribution in [0.4, 0.5) is 0 Å². The zero-order valence-corrected chi connectivity index (χ0v) is 27.6. The zero-order chi connectivity index (χ0) is 32.9. The minimum absolute atomic E-state index is 0.0461. The number of nitrogens with zero attached hydrogens (tertiary/aromatic N) is 2. The number of unbranched alkanes of at least 4 members (excludes halogenated alkanes) is 8. The molecule has 2 heterocycles. The van der Waals surface area contributed by atoms with Crippen molar-refractivity contribution in [3.63, 3.8) is 0 Å². The highest BCUT2D eigenvalue weighted by atomic mass is 16.5. The first-order chi connectivity index (χ1) is 22.4. The number of methoxy groups -OCH3 is 1. The number of aldehydes is 1. The quantitative estimate of drug-likeness (QED) is 0.153. The van der Waals surface area contributed by atoms with Crippen molar-refractivity contribution in [2.24, 2.45) is 0 Å². The summed E-state index contributed by atoms with van der Waals surface area (Å²) in [5.41, 5.74) is 1.25. The molecule has 0 unspecified atom stereocenters. The van der Waals surface area contributed by atoms with E-state index in [9.17, 15) is 24.6 Å². The van der Waals surface area contributed by atoms with E-state index in [2.05, 4.69) is 17.1 Å². The normalized spacial score (nSPS) is 22.3. The maximum atomic E-state index is 13.9. The van der Waals surface area contributed by atoms with Crippen molar-refractivity contribution in [1.29, 1.82) is 0 Å². The monoisotopic (exact) mass is 643 g/mol. The van der Waals surface area contributed by atoms with Gasteiger partial charge in [0.05, 0.1) is 38.9 Å². The maximum absolute atomic E-state index is 13.9. The molecule has 4 rings (SSSR count). The molecule has 4 atom stereocenters. The molecule has 3 N–H and O–H groups in total. The van der Waals surface area contributed by atoms with Gasteiger partial charge in [-0.05, 0) is 24.6 Å². The van der Waals surface area contributed by atoms with E-state index in [1.165, 1.54) is 45.6 Å². The van der Waals surface area contributed by atoms with Gasteiger partial charge in [-0.25, -0.2) is 0 Å². The Labute approximate surface area is 273 Å². The van der Waals surface area contributed by atoms with E-state index >= 15 is 0 Å². The van der Waals surface area contributed by atoms with Gasteiger partial charge >= 0.3 is 0 Å².